The highest BCUT2D eigenvalue weighted by Gasteiger charge is 2.23. The van der Waals surface area contributed by atoms with E-state index in [0.29, 0.717) is 17.9 Å². The minimum atomic E-state index is -3.36. The number of likely N-dealkylation sites (tertiary alicyclic amines) is 1. The van der Waals surface area contributed by atoms with Gasteiger partial charge in [-0.25, -0.2) is 8.42 Å². The number of hydrogen-bond acceptors (Lipinski definition) is 5. The maximum atomic E-state index is 12.6. The zero-order valence-electron chi connectivity index (χ0n) is 16.9. The Morgan fingerprint density at radius 3 is 2.55 bits per heavy atom. The number of nitrogens with one attached hydrogen (secondary N) is 1. The number of ether oxygens (including phenoxy) is 1. The number of rotatable bonds is 7. The van der Waals surface area contributed by atoms with Crippen LogP contribution in [0, 0.1) is 6.92 Å². The predicted octanol–water partition coefficient (Wildman–Crippen LogP) is 2.67. The van der Waals surface area contributed by atoms with Gasteiger partial charge in [-0.05, 0) is 49.6 Å². The van der Waals surface area contributed by atoms with Gasteiger partial charge in [0.1, 0.15) is 5.75 Å². The molecule has 1 heterocycles. The summed E-state index contributed by atoms with van der Waals surface area (Å²) in [5, 5.41) is 3.11. The van der Waals surface area contributed by atoms with Gasteiger partial charge in [0.15, 0.2) is 9.84 Å². The molecule has 0 aliphatic carbocycles. The standard InChI is InChI=1S/C22H28N2O4S/c1-17-6-3-4-9-21(17)22(25)23-18-10-12-24(13-11-18)14-15-29(26,27)20-8-5-7-19(16-20)28-2/h3-9,16,18H,10-15H2,1-2H3,(H,23,25). The first kappa shape index (κ1) is 21.3. The van der Waals surface area contributed by atoms with Crippen LogP contribution in [-0.2, 0) is 9.84 Å². The second-order valence-corrected chi connectivity index (χ2v) is 9.51. The summed E-state index contributed by atoms with van der Waals surface area (Å²) in [6.45, 7) is 3.96. The Morgan fingerprint density at radius 2 is 1.86 bits per heavy atom. The minimum absolute atomic E-state index is 0.0397. The van der Waals surface area contributed by atoms with Crippen molar-refractivity contribution in [2.75, 3.05) is 32.5 Å². The van der Waals surface area contributed by atoms with Gasteiger partial charge in [-0.3, -0.25) is 4.79 Å². The molecule has 156 valence electrons. The Labute approximate surface area is 172 Å². The first-order valence-corrected chi connectivity index (χ1v) is 11.5. The van der Waals surface area contributed by atoms with Crippen molar-refractivity contribution >= 4 is 15.7 Å². The number of carbonyl (C=O) groups is 1. The van der Waals surface area contributed by atoms with Gasteiger partial charge in [-0.1, -0.05) is 24.3 Å². The van der Waals surface area contributed by atoms with Crippen LogP contribution < -0.4 is 10.1 Å². The average molecular weight is 417 g/mol. The maximum absolute atomic E-state index is 12.6. The second-order valence-electron chi connectivity index (χ2n) is 7.40. The van der Waals surface area contributed by atoms with Crippen molar-refractivity contribution < 1.29 is 17.9 Å². The zero-order valence-corrected chi connectivity index (χ0v) is 17.7. The van der Waals surface area contributed by atoms with E-state index >= 15 is 0 Å². The first-order valence-electron chi connectivity index (χ1n) is 9.85. The number of nitrogens with zero attached hydrogens (tertiary/aromatic N) is 1. The number of hydrogen-bond donors (Lipinski definition) is 1. The normalized spacial score (nSPS) is 15.8. The van der Waals surface area contributed by atoms with E-state index in [0.717, 1.165) is 31.5 Å². The lowest BCUT2D eigenvalue weighted by atomic mass is 10.0. The summed E-state index contributed by atoms with van der Waals surface area (Å²) in [6, 6.07) is 14.3. The van der Waals surface area contributed by atoms with Gasteiger partial charge in [-0.2, -0.15) is 0 Å². The Bertz CT molecular complexity index is 951. The Kier molecular flexibility index (Phi) is 6.92. The third-order valence-corrected chi connectivity index (χ3v) is 7.08. The molecule has 1 N–H and O–H groups in total. The molecule has 29 heavy (non-hydrogen) atoms. The Balaban J connectivity index is 1.48. The fraction of sp³-hybridized carbons (Fsp3) is 0.409. The van der Waals surface area contributed by atoms with Crippen LogP contribution in [0.4, 0.5) is 0 Å². The highest BCUT2D eigenvalue weighted by Crippen LogP contribution is 2.19. The van der Waals surface area contributed by atoms with Gasteiger partial charge in [0.05, 0.1) is 17.8 Å². The van der Waals surface area contributed by atoms with Gasteiger partial charge in [0.2, 0.25) is 0 Å². The molecule has 3 rings (SSSR count). The summed E-state index contributed by atoms with van der Waals surface area (Å²) in [5.41, 5.74) is 1.67. The molecular formula is C22H28N2O4S. The highest BCUT2D eigenvalue weighted by molar-refractivity contribution is 7.91. The van der Waals surface area contributed by atoms with E-state index in [1.165, 1.54) is 7.11 Å². The molecule has 1 aliphatic rings. The quantitative estimate of drug-likeness (QED) is 0.751. The number of carbonyl (C=O) groups excluding carboxylic acids is 1. The molecule has 0 radical (unpaired) electrons. The van der Waals surface area contributed by atoms with Crippen molar-refractivity contribution in [2.45, 2.75) is 30.7 Å². The summed E-state index contributed by atoms with van der Waals surface area (Å²) < 4.78 is 30.3. The molecule has 2 aromatic rings. The van der Waals surface area contributed by atoms with Crippen LogP contribution in [-0.4, -0.2) is 57.8 Å². The maximum Gasteiger partial charge on any atom is 0.251 e. The second kappa shape index (κ2) is 9.41. The van der Waals surface area contributed by atoms with E-state index in [1.807, 2.05) is 31.2 Å². The van der Waals surface area contributed by atoms with Gasteiger partial charge in [0.25, 0.3) is 5.91 Å². The van der Waals surface area contributed by atoms with Gasteiger partial charge in [0, 0.05) is 31.2 Å². The molecule has 1 aliphatic heterocycles. The van der Waals surface area contributed by atoms with Crippen molar-refractivity contribution in [1.82, 2.24) is 10.2 Å². The van der Waals surface area contributed by atoms with Gasteiger partial charge < -0.3 is 15.0 Å². The van der Waals surface area contributed by atoms with Crippen molar-refractivity contribution in [3.05, 3.63) is 59.7 Å². The number of aryl methyl sites for hydroxylation is 1. The number of benzene rings is 2. The van der Waals surface area contributed by atoms with E-state index in [-0.39, 0.29) is 22.6 Å². The molecule has 0 saturated carbocycles. The van der Waals surface area contributed by atoms with Crippen LogP contribution in [0.15, 0.2) is 53.4 Å². The molecule has 0 bridgehead atoms. The van der Waals surface area contributed by atoms with Crippen molar-refractivity contribution in [1.29, 1.82) is 0 Å². The molecule has 1 saturated heterocycles. The zero-order chi connectivity index (χ0) is 20.9. The Morgan fingerprint density at radius 1 is 1.14 bits per heavy atom. The van der Waals surface area contributed by atoms with E-state index in [9.17, 15) is 13.2 Å². The lowest BCUT2D eigenvalue weighted by molar-refractivity contribution is 0.0912. The minimum Gasteiger partial charge on any atom is -0.497 e. The number of sulfone groups is 1. The Hall–Kier alpha value is -2.38. The van der Waals surface area contributed by atoms with Crippen LogP contribution in [0.5, 0.6) is 5.75 Å². The molecule has 0 aromatic heterocycles. The van der Waals surface area contributed by atoms with Crippen LogP contribution in [0.3, 0.4) is 0 Å². The number of amides is 1. The van der Waals surface area contributed by atoms with Crippen molar-refractivity contribution in [2.24, 2.45) is 0 Å². The van der Waals surface area contributed by atoms with Gasteiger partial charge >= 0.3 is 0 Å². The predicted molar refractivity (Wildman–Crippen MR) is 113 cm³/mol. The number of methoxy groups -OCH3 is 1. The van der Waals surface area contributed by atoms with E-state index in [2.05, 4.69) is 10.2 Å². The van der Waals surface area contributed by atoms with Crippen molar-refractivity contribution in [3.8, 4) is 5.75 Å². The molecule has 1 amide bonds. The molecule has 7 heteroatoms. The molecule has 0 unspecified atom stereocenters. The molecule has 6 nitrogen and oxygen atoms in total. The largest absolute Gasteiger partial charge is 0.497 e. The summed E-state index contributed by atoms with van der Waals surface area (Å²) in [5.74, 6) is 0.568. The summed E-state index contributed by atoms with van der Waals surface area (Å²) in [7, 11) is -1.84. The summed E-state index contributed by atoms with van der Waals surface area (Å²) in [4.78, 5) is 14.9. The van der Waals surface area contributed by atoms with E-state index in [4.69, 9.17) is 4.74 Å². The SMILES string of the molecule is COc1cccc(S(=O)(=O)CCN2CCC(NC(=O)c3ccccc3C)CC2)c1. The van der Waals surface area contributed by atoms with Crippen LogP contribution in [0.1, 0.15) is 28.8 Å². The average Bonchev–Trinajstić information content (AvgIpc) is 2.73. The third-order valence-electron chi connectivity index (χ3n) is 5.39. The third kappa shape index (κ3) is 5.58. The van der Waals surface area contributed by atoms with Crippen LogP contribution >= 0.6 is 0 Å². The molecule has 1 fully saturated rings. The summed E-state index contributed by atoms with van der Waals surface area (Å²) >= 11 is 0. The molecule has 0 spiro atoms. The molecule has 0 atom stereocenters. The molecule has 2 aromatic carbocycles. The van der Waals surface area contributed by atoms with Crippen LogP contribution in [0.25, 0.3) is 0 Å². The topological polar surface area (TPSA) is 75.7 Å². The smallest absolute Gasteiger partial charge is 0.251 e. The van der Waals surface area contributed by atoms with Gasteiger partial charge in [-0.15, -0.1) is 0 Å². The first-order chi connectivity index (χ1) is 13.9. The van der Waals surface area contributed by atoms with E-state index < -0.39 is 9.84 Å². The number of piperidine rings is 1. The van der Waals surface area contributed by atoms with E-state index in [1.54, 1.807) is 24.3 Å². The fourth-order valence-corrected chi connectivity index (χ4v) is 4.87. The monoisotopic (exact) mass is 416 g/mol. The highest BCUT2D eigenvalue weighted by atomic mass is 32.2. The molecular weight excluding hydrogens is 388 g/mol. The lowest BCUT2D eigenvalue weighted by Crippen LogP contribution is -2.45. The van der Waals surface area contributed by atoms with Crippen molar-refractivity contribution in [3.63, 3.8) is 0 Å². The van der Waals surface area contributed by atoms with Crippen LogP contribution in [0.2, 0.25) is 0 Å². The lowest BCUT2D eigenvalue weighted by Gasteiger charge is -2.32. The fourth-order valence-electron chi connectivity index (χ4n) is 3.55. The summed E-state index contributed by atoms with van der Waals surface area (Å²) in [6.07, 6.45) is 1.63.